The number of hydrogen-bond acceptors (Lipinski definition) is 4. The summed E-state index contributed by atoms with van der Waals surface area (Å²) in [7, 11) is 1.55. The fraction of sp³-hybridized carbons (Fsp3) is 0.231. The Hall–Kier alpha value is -2.14. The molecule has 0 aliphatic rings. The lowest BCUT2D eigenvalue weighted by atomic mass is 10.2. The quantitative estimate of drug-likeness (QED) is 0.868. The van der Waals surface area contributed by atoms with Gasteiger partial charge in [-0.25, -0.2) is 4.98 Å². The van der Waals surface area contributed by atoms with Crippen molar-refractivity contribution in [2.45, 2.75) is 13.2 Å². The van der Waals surface area contributed by atoms with Gasteiger partial charge in [-0.2, -0.15) is 0 Å². The molecule has 5 heteroatoms. The van der Waals surface area contributed by atoms with E-state index in [2.05, 4.69) is 4.98 Å². The number of nitrogens with zero attached hydrogens (tertiary/aromatic N) is 2. The molecule has 1 aromatic carbocycles. The zero-order valence-electron chi connectivity index (χ0n) is 10.0. The Balaban J connectivity index is 2.16. The molecule has 0 unspecified atom stereocenters. The van der Waals surface area contributed by atoms with E-state index in [4.69, 9.17) is 9.84 Å². The molecule has 5 nitrogen and oxygen atoms in total. The molecular formula is C13H14N2O3. The van der Waals surface area contributed by atoms with Gasteiger partial charge in [0.2, 0.25) is 5.75 Å². The Kier molecular flexibility index (Phi) is 3.74. The van der Waals surface area contributed by atoms with Crippen molar-refractivity contribution in [3.05, 3.63) is 58.3 Å². The second-order valence-electron chi connectivity index (χ2n) is 3.84. The van der Waals surface area contributed by atoms with E-state index in [1.54, 1.807) is 7.05 Å². The molecule has 0 aliphatic carbocycles. The number of aliphatic hydroxyl groups excluding tert-OH is 1. The summed E-state index contributed by atoms with van der Waals surface area (Å²) in [6, 6.07) is 9.56. The number of hydrogen-bond donors (Lipinski definition) is 1. The van der Waals surface area contributed by atoms with Gasteiger partial charge < -0.3 is 9.84 Å². The van der Waals surface area contributed by atoms with Crippen LogP contribution in [0.3, 0.4) is 0 Å². The van der Waals surface area contributed by atoms with Crippen LogP contribution in [0.1, 0.15) is 11.4 Å². The summed E-state index contributed by atoms with van der Waals surface area (Å²) in [5.74, 6) is 0.491. The van der Waals surface area contributed by atoms with Crippen molar-refractivity contribution < 1.29 is 9.84 Å². The molecule has 1 aromatic heterocycles. The van der Waals surface area contributed by atoms with Crippen molar-refractivity contribution in [2.75, 3.05) is 0 Å². The molecule has 18 heavy (non-hydrogen) atoms. The van der Waals surface area contributed by atoms with Gasteiger partial charge in [0.15, 0.2) is 0 Å². The normalized spacial score (nSPS) is 10.3. The fourth-order valence-electron chi connectivity index (χ4n) is 1.54. The van der Waals surface area contributed by atoms with Crippen LogP contribution in [0.4, 0.5) is 0 Å². The highest BCUT2D eigenvalue weighted by Crippen LogP contribution is 2.06. The number of aliphatic hydroxyl groups is 1. The first-order chi connectivity index (χ1) is 8.72. The molecule has 0 atom stereocenters. The van der Waals surface area contributed by atoms with Gasteiger partial charge in [0.25, 0.3) is 5.56 Å². The molecule has 0 bridgehead atoms. The molecule has 94 valence electrons. The van der Waals surface area contributed by atoms with Crippen molar-refractivity contribution in [3.63, 3.8) is 0 Å². The van der Waals surface area contributed by atoms with E-state index >= 15 is 0 Å². The van der Waals surface area contributed by atoms with E-state index in [0.717, 1.165) is 5.56 Å². The fourth-order valence-corrected chi connectivity index (χ4v) is 1.54. The lowest BCUT2D eigenvalue weighted by Gasteiger charge is -2.08. The van der Waals surface area contributed by atoms with E-state index in [1.165, 1.54) is 10.8 Å². The highest BCUT2D eigenvalue weighted by molar-refractivity contribution is 5.17. The van der Waals surface area contributed by atoms with Crippen molar-refractivity contribution in [2.24, 2.45) is 7.05 Å². The summed E-state index contributed by atoms with van der Waals surface area (Å²) >= 11 is 0. The Labute approximate surface area is 104 Å². The third kappa shape index (κ3) is 2.57. The summed E-state index contributed by atoms with van der Waals surface area (Å²) in [5.41, 5.74) is 0.677. The number of ether oxygens (including phenoxy) is 1. The molecule has 1 heterocycles. The first-order valence-electron chi connectivity index (χ1n) is 5.55. The summed E-state index contributed by atoms with van der Waals surface area (Å²) in [6.45, 7) is 0.0426. The van der Waals surface area contributed by atoms with Crippen LogP contribution in [0, 0.1) is 0 Å². The van der Waals surface area contributed by atoms with Gasteiger partial charge in [-0.05, 0) is 5.56 Å². The van der Waals surface area contributed by atoms with Crippen LogP contribution < -0.4 is 10.3 Å². The minimum Gasteiger partial charge on any atom is -0.482 e. The predicted octanol–water partition coefficient (Wildman–Crippen LogP) is 0.852. The highest BCUT2D eigenvalue weighted by Gasteiger charge is 2.07. The largest absolute Gasteiger partial charge is 0.482 e. The predicted molar refractivity (Wildman–Crippen MR) is 66.2 cm³/mol. The first kappa shape index (κ1) is 12.3. The number of aromatic nitrogens is 2. The molecule has 2 aromatic rings. The van der Waals surface area contributed by atoms with Gasteiger partial charge in [0.1, 0.15) is 19.0 Å². The summed E-state index contributed by atoms with van der Waals surface area (Å²) in [6.07, 6.45) is 1.34. The number of benzene rings is 1. The maximum absolute atomic E-state index is 11.9. The molecule has 2 rings (SSSR count). The third-order valence-corrected chi connectivity index (χ3v) is 2.61. The zero-order chi connectivity index (χ0) is 13.0. The second kappa shape index (κ2) is 5.46. The van der Waals surface area contributed by atoms with E-state index in [0.29, 0.717) is 12.4 Å². The van der Waals surface area contributed by atoms with Gasteiger partial charge >= 0.3 is 0 Å². The Morgan fingerprint density at radius 1 is 1.33 bits per heavy atom. The van der Waals surface area contributed by atoms with Crippen LogP contribution in [-0.2, 0) is 20.3 Å². The van der Waals surface area contributed by atoms with Gasteiger partial charge in [-0.1, -0.05) is 30.3 Å². The van der Waals surface area contributed by atoms with Crippen molar-refractivity contribution in [1.29, 1.82) is 0 Å². The van der Waals surface area contributed by atoms with E-state index in [-0.39, 0.29) is 17.9 Å². The van der Waals surface area contributed by atoms with Crippen molar-refractivity contribution in [3.8, 4) is 5.75 Å². The third-order valence-electron chi connectivity index (χ3n) is 2.61. The smallest absolute Gasteiger partial charge is 0.295 e. The number of rotatable bonds is 4. The van der Waals surface area contributed by atoms with Crippen molar-refractivity contribution >= 4 is 0 Å². The lowest BCUT2D eigenvalue weighted by molar-refractivity contribution is 0.259. The van der Waals surface area contributed by atoms with E-state index in [9.17, 15) is 4.79 Å². The molecule has 1 N–H and O–H groups in total. The highest BCUT2D eigenvalue weighted by atomic mass is 16.5. The molecule has 0 saturated carbocycles. The summed E-state index contributed by atoms with van der Waals surface area (Å²) in [4.78, 5) is 15.8. The average molecular weight is 246 g/mol. The maximum Gasteiger partial charge on any atom is 0.295 e. The molecule has 0 aliphatic heterocycles. The maximum atomic E-state index is 11.9. The summed E-state index contributed by atoms with van der Waals surface area (Å²) < 4.78 is 6.70. The zero-order valence-corrected chi connectivity index (χ0v) is 10.0. The van der Waals surface area contributed by atoms with Crippen LogP contribution in [0.15, 0.2) is 41.3 Å². The molecule has 0 radical (unpaired) electrons. The minimum absolute atomic E-state index is 0.179. The van der Waals surface area contributed by atoms with Crippen LogP contribution in [0.5, 0.6) is 5.75 Å². The average Bonchev–Trinajstić information content (AvgIpc) is 2.42. The van der Waals surface area contributed by atoms with Crippen LogP contribution in [-0.4, -0.2) is 14.7 Å². The van der Waals surface area contributed by atoms with Crippen LogP contribution in [0.2, 0.25) is 0 Å². The van der Waals surface area contributed by atoms with Gasteiger partial charge in [-0.15, -0.1) is 0 Å². The SMILES string of the molecule is Cn1c(CO)ncc(OCc2ccccc2)c1=O. The molecule has 0 saturated heterocycles. The molecule has 0 amide bonds. The van der Waals surface area contributed by atoms with Crippen LogP contribution >= 0.6 is 0 Å². The standard InChI is InChI=1S/C13H14N2O3/c1-15-12(8-16)14-7-11(13(15)17)18-9-10-5-3-2-4-6-10/h2-7,16H,8-9H2,1H3. The van der Waals surface area contributed by atoms with Gasteiger partial charge in [0.05, 0.1) is 6.20 Å². The Morgan fingerprint density at radius 3 is 2.72 bits per heavy atom. The van der Waals surface area contributed by atoms with Crippen LogP contribution in [0.25, 0.3) is 0 Å². The van der Waals surface area contributed by atoms with E-state index < -0.39 is 0 Å². The molecule has 0 fully saturated rings. The lowest BCUT2D eigenvalue weighted by Crippen LogP contribution is -2.23. The minimum atomic E-state index is -0.301. The summed E-state index contributed by atoms with van der Waals surface area (Å²) in [5, 5.41) is 8.98. The monoisotopic (exact) mass is 246 g/mol. The Morgan fingerprint density at radius 2 is 2.06 bits per heavy atom. The second-order valence-corrected chi connectivity index (χ2v) is 3.84. The molecule has 0 spiro atoms. The first-order valence-corrected chi connectivity index (χ1v) is 5.55. The van der Waals surface area contributed by atoms with E-state index in [1.807, 2.05) is 30.3 Å². The van der Waals surface area contributed by atoms with Crippen molar-refractivity contribution in [1.82, 2.24) is 9.55 Å². The Bertz CT molecular complexity index is 579. The molecular weight excluding hydrogens is 232 g/mol. The van der Waals surface area contributed by atoms with Gasteiger partial charge in [0, 0.05) is 7.05 Å². The topological polar surface area (TPSA) is 64.3 Å². The van der Waals surface area contributed by atoms with Gasteiger partial charge in [-0.3, -0.25) is 9.36 Å².